The van der Waals surface area contributed by atoms with Crippen molar-refractivity contribution in [2.45, 2.75) is 29.6 Å². The summed E-state index contributed by atoms with van der Waals surface area (Å²) in [7, 11) is 0. The Hall–Kier alpha value is -1.43. The van der Waals surface area contributed by atoms with Crippen LogP contribution in [0.2, 0.25) is 5.02 Å². The summed E-state index contributed by atoms with van der Waals surface area (Å²) in [6.45, 7) is 4.35. The summed E-state index contributed by atoms with van der Waals surface area (Å²) in [6, 6.07) is 16.0. The first-order chi connectivity index (χ1) is 9.10. The van der Waals surface area contributed by atoms with Gasteiger partial charge in [-0.3, -0.25) is 0 Å². The lowest BCUT2D eigenvalue weighted by Crippen LogP contribution is -1.86. The number of benzene rings is 2. The number of halogens is 1. The van der Waals surface area contributed by atoms with Gasteiger partial charge in [0.1, 0.15) is 6.07 Å². The normalized spacial score (nSPS) is 10.5. The van der Waals surface area contributed by atoms with E-state index in [0.29, 0.717) is 16.5 Å². The van der Waals surface area contributed by atoms with E-state index in [1.807, 2.05) is 12.1 Å². The number of nitrogens with zero attached hydrogens (tertiary/aromatic N) is 1. The number of rotatable bonds is 3. The van der Waals surface area contributed by atoms with Gasteiger partial charge in [-0.15, -0.1) is 0 Å². The molecule has 0 heterocycles. The summed E-state index contributed by atoms with van der Waals surface area (Å²) in [6.07, 6.45) is 0. The van der Waals surface area contributed by atoms with Crippen molar-refractivity contribution in [3.63, 3.8) is 0 Å². The number of nitriles is 1. The fourth-order valence-electron chi connectivity index (χ4n) is 1.73. The van der Waals surface area contributed by atoms with Crippen LogP contribution in [-0.2, 0) is 0 Å². The van der Waals surface area contributed by atoms with E-state index in [4.69, 9.17) is 16.9 Å². The van der Waals surface area contributed by atoms with E-state index in [0.717, 1.165) is 9.79 Å². The van der Waals surface area contributed by atoms with Crippen molar-refractivity contribution in [2.75, 3.05) is 0 Å². The molecule has 0 fully saturated rings. The van der Waals surface area contributed by atoms with Crippen LogP contribution in [-0.4, -0.2) is 0 Å². The van der Waals surface area contributed by atoms with Crippen LogP contribution in [0.3, 0.4) is 0 Å². The molecule has 0 aliphatic carbocycles. The molecule has 96 valence electrons. The van der Waals surface area contributed by atoms with Crippen LogP contribution < -0.4 is 0 Å². The zero-order valence-corrected chi connectivity index (χ0v) is 12.4. The third-order valence-electron chi connectivity index (χ3n) is 2.84. The average molecular weight is 288 g/mol. The van der Waals surface area contributed by atoms with E-state index in [1.54, 1.807) is 17.8 Å². The molecule has 0 spiro atoms. The minimum Gasteiger partial charge on any atom is -0.192 e. The minimum absolute atomic E-state index is 0.532. The number of hydrogen-bond donors (Lipinski definition) is 0. The second kappa shape index (κ2) is 6.14. The summed E-state index contributed by atoms with van der Waals surface area (Å²) < 4.78 is 0. The Balaban J connectivity index is 2.24. The smallest absolute Gasteiger partial charge is 0.100 e. The van der Waals surface area contributed by atoms with Crippen molar-refractivity contribution in [1.29, 1.82) is 5.26 Å². The molecule has 19 heavy (non-hydrogen) atoms. The first-order valence-electron chi connectivity index (χ1n) is 6.07. The van der Waals surface area contributed by atoms with E-state index in [-0.39, 0.29) is 0 Å². The zero-order chi connectivity index (χ0) is 13.8. The molecule has 2 aromatic rings. The second-order valence-electron chi connectivity index (χ2n) is 4.58. The molecule has 0 bridgehead atoms. The lowest BCUT2D eigenvalue weighted by molar-refractivity contribution is 0.865. The predicted molar refractivity (Wildman–Crippen MR) is 80.8 cm³/mol. The van der Waals surface area contributed by atoms with Crippen LogP contribution in [0, 0.1) is 11.3 Å². The molecule has 0 aliphatic heterocycles. The molecular formula is C16H14ClNS. The van der Waals surface area contributed by atoms with Gasteiger partial charge in [0, 0.05) is 14.8 Å². The van der Waals surface area contributed by atoms with Gasteiger partial charge in [0.15, 0.2) is 0 Å². The van der Waals surface area contributed by atoms with Crippen LogP contribution in [0.4, 0.5) is 0 Å². The van der Waals surface area contributed by atoms with Gasteiger partial charge in [0.05, 0.1) is 5.56 Å². The molecule has 0 unspecified atom stereocenters. The second-order valence-corrected chi connectivity index (χ2v) is 6.13. The van der Waals surface area contributed by atoms with Gasteiger partial charge in [-0.25, -0.2) is 0 Å². The molecule has 0 amide bonds. The van der Waals surface area contributed by atoms with Gasteiger partial charge in [-0.2, -0.15) is 5.26 Å². The van der Waals surface area contributed by atoms with Gasteiger partial charge in [-0.05, 0) is 41.8 Å². The SMILES string of the molecule is CC(C)c1ccc(Sc2ccc(Cl)cc2C#N)cc1. The van der Waals surface area contributed by atoms with E-state index in [9.17, 15) is 0 Å². The maximum Gasteiger partial charge on any atom is 0.100 e. The van der Waals surface area contributed by atoms with Crippen LogP contribution in [0.5, 0.6) is 0 Å². The van der Waals surface area contributed by atoms with Crippen LogP contribution in [0.15, 0.2) is 52.3 Å². The predicted octanol–water partition coefficient (Wildman–Crippen LogP) is 5.49. The summed E-state index contributed by atoms with van der Waals surface area (Å²) in [5, 5.41) is 9.71. The summed E-state index contributed by atoms with van der Waals surface area (Å²) in [5.74, 6) is 0.532. The Morgan fingerprint density at radius 3 is 2.37 bits per heavy atom. The summed E-state index contributed by atoms with van der Waals surface area (Å²) in [5.41, 5.74) is 1.94. The molecular weight excluding hydrogens is 274 g/mol. The van der Waals surface area contributed by atoms with Gasteiger partial charge in [0.2, 0.25) is 0 Å². The minimum atomic E-state index is 0.532. The van der Waals surface area contributed by atoms with Crippen molar-refractivity contribution in [3.05, 3.63) is 58.6 Å². The molecule has 2 aromatic carbocycles. The van der Waals surface area contributed by atoms with Crippen LogP contribution in [0.25, 0.3) is 0 Å². The maximum absolute atomic E-state index is 9.12. The Kier molecular flexibility index (Phi) is 4.52. The lowest BCUT2D eigenvalue weighted by atomic mass is 10.0. The van der Waals surface area contributed by atoms with Crippen LogP contribution in [0.1, 0.15) is 30.9 Å². The molecule has 0 atom stereocenters. The fourth-order valence-corrected chi connectivity index (χ4v) is 2.78. The van der Waals surface area contributed by atoms with E-state index in [2.05, 4.69) is 44.2 Å². The van der Waals surface area contributed by atoms with E-state index in [1.165, 1.54) is 5.56 Å². The molecule has 0 saturated carbocycles. The quantitative estimate of drug-likeness (QED) is 0.745. The van der Waals surface area contributed by atoms with Crippen LogP contribution >= 0.6 is 23.4 Å². The van der Waals surface area contributed by atoms with E-state index >= 15 is 0 Å². The molecule has 0 aliphatic rings. The Morgan fingerprint density at radius 1 is 1.11 bits per heavy atom. The third-order valence-corrected chi connectivity index (χ3v) is 4.16. The third kappa shape index (κ3) is 3.53. The van der Waals surface area contributed by atoms with Crippen molar-refractivity contribution in [1.82, 2.24) is 0 Å². The average Bonchev–Trinajstić information content (AvgIpc) is 2.41. The Bertz CT molecular complexity index is 612. The summed E-state index contributed by atoms with van der Waals surface area (Å²) in [4.78, 5) is 2.06. The Labute approximate surface area is 123 Å². The molecule has 0 radical (unpaired) electrons. The van der Waals surface area contributed by atoms with Crippen molar-refractivity contribution < 1.29 is 0 Å². The fraction of sp³-hybridized carbons (Fsp3) is 0.188. The zero-order valence-electron chi connectivity index (χ0n) is 10.9. The lowest BCUT2D eigenvalue weighted by Gasteiger charge is -2.07. The highest BCUT2D eigenvalue weighted by Crippen LogP contribution is 2.32. The summed E-state index contributed by atoms with van der Waals surface area (Å²) >= 11 is 7.48. The van der Waals surface area contributed by atoms with Gasteiger partial charge < -0.3 is 0 Å². The topological polar surface area (TPSA) is 23.8 Å². The maximum atomic E-state index is 9.12. The number of hydrogen-bond acceptors (Lipinski definition) is 2. The van der Waals surface area contributed by atoms with Gasteiger partial charge in [-0.1, -0.05) is 49.3 Å². The van der Waals surface area contributed by atoms with E-state index < -0.39 is 0 Å². The van der Waals surface area contributed by atoms with Gasteiger partial charge in [0.25, 0.3) is 0 Å². The van der Waals surface area contributed by atoms with Gasteiger partial charge >= 0.3 is 0 Å². The monoisotopic (exact) mass is 287 g/mol. The van der Waals surface area contributed by atoms with Crippen molar-refractivity contribution >= 4 is 23.4 Å². The van der Waals surface area contributed by atoms with Crippen molar-refractivity contribution in [2.24, 2.45) is 0 Å². The molecule has 0 N–H and O–H groups in total. The Morgan fingerprint density at radius 2 is 1.79 bits per heavy atom. The molecule has 0 saturated heterocycles. The highest BCUT2D eigenvalue weighted by molar-refractivity contribution is 7.99. The largest absolute Gasteiger partial charge is 0.192 e. The molecule has 0 aromatic heterocycles. The molecule has 1 nitrogen and oxygen atoms in total. The van der Waals surface area contributed by atoms with Crippen molar-refractivity contribution in [3.8, 4) is 6.07 Å². The standard InChI is InChI=1S/C16H14ClNS/c1-11(2)12-3-6-15(7-4-12)19-16-8-5-14(17)9-13(16)10-18/h3-9,11H,1-2H3. The highest BCUT2D eigenvalue weighted by Gasteiger charge is 2.06. The molecule has 2 rings (SSSR count). The molecule has 3 heteroatoms. The highest BCUT2D eigenvalue weighted by atomic mass is 35.5. The first-order valence-corrected chi connectivity index (χ1v) is 7.27. The first kappa shape index (κ1) is 14.0.